The van der Waals surface area contributed by atoms with Gasteiger partial charge in [0, 0.05) is 10.0 Å². The third-order valence-electron chi connectivity index (χ3n) is 2.55. The van der Waals surface area contributed by atoms with Crippen molar-refractivity contribution in [3.8, 4) is 23.7 Å². The van der Waals surface area contributed by atoms with Gasteiger partial charge in [-0.1, -0.05) is 21.9 Å². The Morgan fingerprint density at radius 1 is 1.42 bits per heavy atom. The van der Waals surface area contributed by atoms with E-state index in [2.05, 4.69) is 21.9 Å². The molecule has 1 aromatic heterocycles. The van der Waals surface area contributed by atoms with Gasteiger partial charge in [-0.25, -0.2) is 4.79 Å². The van der Waals surface area contributed by atoms with Crippen LogP contribution in [0.25, 0.3) is 11.3 Å². The van der Waals surface area contributed by atoms with Gasteiger partial charge in [0.2, 0.25) is 5.76 Å². The van der Waals surface area contributed by atoms with Crippen molar-refractivity contribution in [2.24, 2.45) is 0 Å². The summed E-state index contributed by atoms with van der Waals surface area (Å²) >= 11 is 3.40. The summed E-state index contributed by atoms with van der Waals surface area (Å²) in [4.78, 5) is 11.6. The third-order valence-corrected chi connectivity index (χ3v) is 3.04. The summed E-state index contributed by atoms with van der Waals surface area (Å²) in [5.41, 5.74) is 1.98. The molecule has 96 valence electrons. The van der Waals surface area contributed by atoms with Crippen LogP contribution in [0.15, 0.2) is 39.2 Å². The van der Waals surface area contributed by atoms with Gasteiger partial charge in [-0.3, -0.25) is 0 Å². The zero-order valence-electron chi connectivity index (χ0n) is 10.3. The monoisotopic (exact) mass is 318 g/mol. The van der Waals surface area contributed by atoms with Crippen LogP contribution in [0.1, 0.15) is 16.1 Å². The van der Waals surface area contributed by atoms with Crippen molar-refractivity contribution in [1.82, 2.24) is 0 Å². The molecule has 0 saturated carbocycles. The van der Waals surface area contributed by atoms with Gasteiger partial charge < -0.3 is 9.15 Å². The SMILES string of the molecule is C#CCOC(=O)c1ccc(-c2ccc(Br)cc2C)o1. The van der Waals surface area contributed by atoms with Crippen molar-refractivity contribution in [1.29, 1.82) is 0 Å². The number of furan rings is 1. The average Bonchev–Trinajstić information content (AvgIpc) is 2.85. The Labute approximate surface area is 119 Å². The predicted octanol–water partition coefficient (Wildman–Crippen LogP) is 3.81. The Kier molecular flexibility index (Phi) is 4.08. The number of carbonyl (C=O) groups excluding carboxylic acids is 1. The van der Waals surface area contributed by atoms with Crippen molar-refractivity contribution < 1.29 is 13.9 Å². The van der Waals surface area contributed by atoms with Crippen LogP contribution < -0.4 is 0 Å². The molecule has 4 heteroatoms. The van der Waals surface area contributed by atoms with Crippen LogP contribution in [0.5, 0.6) is 0 Å². The van der Waals surface area contributed by atoms with Crippen LogP contribution in [-0.4, -0.2) is 12.6 Å². The molecule has 1 heterocycles. The van der Waals surface area contributed by atoms with Gasteiger partial charge in [-0.2, -0.15) is 0 Å². The van der Waals surface area contributed by atoms with Crippen molar-refractivity contribution in [2.45, 2.75) is 6.92 Å². The topological polar surface area (TPSA) is 39.4 Å². The van der Waals surface area contributed by atoms with E-state index >= 15 is 0 Å². The van der Waals surface area contributed by atoms with Gasteiger partial charge in [0.05, 0.1) is 0 Å². The molecule has 1 aromatic carbocycles. The molecule has 0 unspecified atom stereocenters. The van der Waals surface area contributed by atoms with Crippen molar-refractivity contribution in [3.05, 3.63) is 46.1 Å². The standard InChI is InChI=1S/C15H11BrO3/c1-3-8-18-15(17)14-7-6-13(19-14)12-5-4-11(16)9-10(12)2/h1,4-7,9H,8H2,2H3. The van der Waals surface area contributed by atoms with Gasteiger partial charge in [0.15, 0.2) is 6.61 Å². The predicted molar refractivity (Wildman–Crippen MR) is 75.7 cm³/mol. The molecule has 2 aromatic rings. The first-order valence-corrected chi connectivity index (χ1v) is 6.38. The van der Waals surface area contributed by atoms with Crippen LogP contribution in [0.2, 0.25) is 0 Å². The molecule has 0 saturated heterocycles. The molecule has 19 heavy (non-hydrogen) atoms. The number of aryl methyl sites for hydroxylation is 1. The zero-order valence-corrected chi connectivity index (χ0v) is 11.9. The summed E-state index contributed by atoms with van der Waals surface area (Å²) in [6, 6.07) is 9.14. The first kappa shape index (κ1) is 13.4. The van der Waals surface area contributed by atoms with Crippen LogP contribution in [-0.2, 0) is 4.74 Å². The van der Waals surface area contributed by atoms with E-state index in [4.69, 9.17) is 15.6 Å². The summed E-state index contributed by atoms with van der Waals surface area (Å²) in [6.07, 6.45) is 5.02. The van der Waals surface area contributed by atoms with E-state index in [-0.39, 0.29) is 12.4 Å². The van der Waals surface area contributed by atoms with Crippen LogP contribution in [0.4, 0.5) is 0 Å². The Balaban J connectivity index is 2.26. The molecule has 0 aliphatic heterocycles. The lowest BCUT2D eigenvalue weighted by Gasteiger charge is -2.03. The van der Waals surface area contributed by atoms with E-state index < -0.39 is 5.97 Å². The molecular weight excluding hydrogens is 308 g/mol. The molecule has 0 amide bonds. The van der Waals surface area contributed by atoms with Gasteiger partial charge in [0.1, 0.15) is 5.76 Å². The number of esters is 1. The number of halogens is 1. The highest BCUT2D eigenvalue weighted by atomic mass is 79.9. The molecule has 0 aliphatic carbocycles. The Morgan fingerprint density at radius 3 is 2.89 bits per heavy atom. The molecule has 3 nitrogen and oxygen atoms in total. The van der Waals surface area contributed by atoms with Crippen LogP contribution >= 0.6 is 15.9 Å². The summed E-state index contributed by atoms with van der Waals surface area (Å²) in [5, 5.41) is 0. The second-order valence-electron chi connectivity index (χ2n) is 3.90. The fourth-order valence-electron chi connectivity index (χ4n) is 1.67. The highest BCUT2D eigenvalue weighted by molar-refractivity contribution is 9.10. The Bertz CT molecular complexity index is 650. The quantitative estimate of drug-likeness (QED) is 0.638. The summed E-state index contributed by atoms with van der Waals surface area (Å²) in [6.45, 7) is 1.91. The highest BCUT2D eigenvalue weighted by Gasteiger charge is 2.14. The lowest BCUT2D eigenvalue weighted by atomic mass is 10.1. The molecule has 0 atom stereocenters. The van der Waals surface area contributed by atoms with Crippen LogP contribution in [0.3, 0.4) is 0 Å². The summed E-state index contributed by atoms with van der Waals surface area (Å²) in [7, 11) is 0. The summed E-state index contributed by atoms with van der Waals surface area (Å²) in [5.74, 6) is 2.44. The highest BCUT2D eigenvalue weighted by Crippen LogP contribution is 2.27. The van der Waals surface area contributed by atoms with Gasteiger partial charge >= 0.3 is 5.97 Å². The van der Waals surface area contributed by atoms with Crippen LogP contribution in [0, 0.1) is 19.3 Å². The number of benzene rings is 1. The Morgan fingerprint density at radius 2 is 2.21 bits per heavy atom. The minimum atomic E-state index is -0.557. The number of terminal acetylenes is 1. The van der Waals surface area contributed by atoms with Gasteiger partial charge in [-0.05, 0) is 42.8 Å². The van der Waals surface area contributed by atoms with E-state index in [1.54, 1.807) is 12.1 Å². The van der Waals surface area contributed by atoms with Gasteiger partial charge in [0.25, 0.3) is 0 Å². The molecule has 2 rings (SSSR count). The maximum Gasteiger partial charge on any atom is 0.375 e. The second-order valence-corrected chi connectivity index (χ2v) is 4.82. The molecule has 0 aliphatic rings. The van der Waals surface area contributed by atoms with E-state index in [1.807, 2.05) is 25.1 Å². The van der Waals surface area contributed by atoms with Gasteiger partial charge in [-0.15, -0.1) is 6.42 Å². The van der Waals surface area contributed by atoms with E-state index in [0.717, 1.165) is 15.6 Å². The normalized spacial score (nSPS) is 9.95. The third kappa shape index (κ3) is 3.07. The maximum atomic E-state index is 11.6. The number of rotatable bonds is 3. The van der Waals surface area contributed by atoms with Crippen molar-refractivity contribution in [2.75, 3.05) is 6.61 Å². The zero-order chi connectivity index (χ0) is 13.8. The fourth-order valence-corrected chi connectivity index (χ4v) is 2.15. The number of hydrogen-bond acceptors (Lipinski definition) is 3. The van der Waals surface area contributed by atoms with E-state index in [9.17, 15) is 4.79 Å². The molecule has 0 bridgehead atoms. The minimum absolute atomic E-state index is 0.0633. The fraction of sp³-hybridized carbons (Fsp3) is 0.133. The minimum Gasteiger partial charge on any atom is -0.449 e. The largest absolute Gasteiger partial charge is 0.449 e. The number of hydrogen-bond donors (Lipinski definition) is 0. The van der Waals surface area contributed by atoms with Crippen molar-refractivity contribution in [3.63, 3.8) is 0 Å². The molecule has 0 radical (unpaired) electrons. The lowest BCUT2D eigenvalue weighted by molar-refractivity contribution is 0.0521. The first-order chi connectivity index (χ1) is 9.11. The Hall–Kier alpha value is -1.99. The maximum absolute atomic E-state index is 11.6. The number of carbonyl (C=O) groups is 1. The smallest absolute Gasteiger partial charge is 0.375 e. The second kappa shape index (κ2) is 5.77. The molecule has 0 fully saturated rings. The molecule has 0 spiro atoms. The molecule has 0 N–H and O–H groups in total. The number of ether oxygens (including phenoxy) is 1. The first-order valence-electron chi connectivity index (χ1n) is 5.59. The van der Waals surface area contributed by atoms with E-state index in [1.165, 1.54) is 0 Å². The van der Waals surface area contributed by atoms with E-state index in [0.29, 0.717) is 5.76 Å². The average molecular weight is 319 g/mol. The summed E-state index contributed by atoms with van der Waals surface area (Å²) < 4.78 is 11.3. The lowest BCUT2D eigenvalue weighted by Crippen LogP contribution is -2.03. The molecular formula is C15H11BrO3. The van der Waals surface area contributed by atoms with Crippen molar-refractivity contribution >= 4 is 21.9 Å².